The molecule has 1 saturated heterocycles. The van der Waals surface area contributed by atoms with E-state index in [0.717, 1.165) is 45.7 Å². The molecule has 2 N–H and O–H groups in total. The van der Waals surface area contributed by atoms with Crippen molar-refractivity contribution in [2.24, 2.45) is 0 Å². The highest BCUT2D eigenvalue weighted by molar-refractivity contribution is 4.76. The Bertz CT molecular complexity index is 180. The lowest BCUT2D eigenvalue weighted by molar-refractivity contribution is 0.0373. The van der Waals surface area contributed by atoms with Gasteiger partial charge in [-0.15, -0.1) is 0 Å². The first-order valence-electron chi connectivity index (χ1n) is 5.79. The van der Waals surface area contributed by atoms with Crippen LogP contribution in [0.15, 0.2) is 0 Å². The first kappa shape index (κ1) is 12.9. The van der Waals surface area contributed by atoms with Crippen LogP contribution in [0.1, 0.15) is 20.3 Å². The van der Waals surface area contributed by atoms with Crippen LogP contribution in [0.25, 0.3) is 0 Å². The van der Waals surface area contributed by atoms with E-state index in [9.17, 15) is 5.11 Å². The normalized spacial score (nSPS) is 21.6. The van der Waals surface area contributed by atoms with Gasteiger partial charge in [0.2, 0.25) is 0 Å². The molecule has 0 amide bonds. The first-order chi connectivity index (χ1) is 7.01. The summed E-state index contributed by atoms with van der Waals surface area (Å²) in [5.41, 5.74) is -0.605. The maximum Gasteiger partial charge on any atom is 0.0718 e. The third kappa shape index (κ3) is 5.47. The van der Waals surface area contributed by atoms with E-state index in [1.54, 1.807) is 0 Å². The molecule has 15 heavy (non-hydrogen) atoms. The molecule has 0 bridgehead atoms. The van der Waals surface area contributed by atoms with E-state index in [-0.39, 0.29) is 6.61 Å². The minimum atomic E-state index is -0.605. The summed E-state index contributed by atoms with van der Waals surface area (Å²) in [7, 11) is 0. The SMILES string of the molecule is CC(C)(O)CN1CCCN(CCO)CC1. The Kier molecular flexibility index (Phi) is 4.99. The summed E-state index contributed by atoms with van der Waals surface area (Å²) in [5.74, 6) is 0. The van der Waals surface area contributed by atoms with Crippen molar-refractivity contribution in [2.75, 3.05) is 45.9 Å². The van der Waals surface area contributed by atoms with E-state index in [2.05, 4.69) is 9.80 Å². The summed E-state index contributed by atoms with van der Waals surface area (Å²) in [6, 6.07) is 0. The van der Waals surface area contributed by atoms with Gasteiger partial charge in [-0.1, -0.05) is 0 Å². The van der Waals surface area contributed by atoms with Crippen molar-refractivity contribution in [3.8, 4) is 0 Å². The Morgan fingerprint density at radius 1 is 1.07 bits per heavy atom. The van der Waals surface area contributed by atoms with Crippen LogP contribution in [0.2, 0.25) is 0 Å². The van der Waals surface area contributed by atoms with Gasteiger partial charge in [-0.3, -0.25) is 9.80 Å². The predicted molar refractivity (Wildman–Crippen MR) is 60.9 cm³/mol. The molecule has 0 aromatic rings. The molecule has 0 radical (unpaired) electrons. The quantitative estimate of drug-likeness (QED) is 0.681. The lowest BCUT2D eigenvalue weighted by atomic mass is 10.1. The topological polar surface area (TPSA) is 46.9 Å². The van der Waals surface area contributed by atoms with Gasteiger partial charge in [0.1, 0.15) is 0 Å². The largest absolute Gasteiger partial charge is 0.395 e. The molecule has 90 valence electrons. The van der Waals surface area contributed by atoms with Gasteiger partial charge in [0, 0.05) is 26.2 Å². The summed E-state index contributed by atoms with van der Waals surface area (Å²) in [6.07, 6.45) is 1.12. The highest BCUT2D eigenvalue weighted by atomic mass is 16.3. The molecule has 1 aliphatic heterocycles. The fourth-order valence-corrected chi connectivity index (χ4v) is 2.09. The van der Waals surface area contributed by atoms with Crippen molar-refractivity contribution in [2.45, 2.75) is 25.9 Å². The van der Waals surface area contributed by atoms with Crippen LogP contribution < -0.4 is 0 Å². The van der Waals surface area contributed by atoms with Gasteiger partial charge in [-0.05, 0) is 33.4 Å². The summed E-state index contributed by atoms with van der Waals surface area (Å²) in [5, 5.41) is 18.6. The molecule has 1 fully saturated rings. The Morgan fingerprint density at radius 2 is 1.67 bits per heavy atom. The van der Waals surface area contributed by atoms with E-state index in [1.807, 2.05) is 13.8 Å². The average Bonchev–Trinajstić information content (AvgIpc) is 2.29. The molecular formula is C11H24N2O2. The minimum absolute atomic E-state index is 0.242. The second-order valence-corrected chi connectivity index (χ2v) is 5.01. The summed E-state index contributed by atoms with van der Waals surface area (Å²) >= 11 is 0. The van der Waals surface area contributed by atoms with Crippen LogP contribution in [0.3, 0.4) is 0 Å². The third-order valence-corrected chi connectivity index (χ3v) is 2.71. The van der Waals surface area contributed by atoms with Crippen molar-refractivity contribution in [1.29, 1.82) is 0 Å². The van der Waals surface area contributed by atoms with Crippen LogP contribution in [-0.4, -0.2) is 71.5 Å². The molecule has 0 aromatic carbocycles. The number of aliphatic hydroxyl groups is 2. The standard InChI is InChI=1S/C11H24N2O2/c1-11(2,15)10-13-5-3-4-12(6-7-13)8-9-14/h14-15H,3-10H2,1-2H3. The van der Waals surface area contributed by atoms with Gasteiger partial charge < -0.3 is 10.2 Å². The lowest BCUT2D eigenvalue weighted by Gasteiger charge is -2.27. The fourth-order valence-electron chi connectivity index (χ4n) is 2.09. The Morgan fingerprint density at radius 3 is 2.27 bits per heavy atom. The molecule has 0 aromatic heterocycles. The molecule has 4 nitrogen and oxygen atoms in total. The van der Waals surface area contributed by atoms with Crippen LogP contribution >= 0.6 is 0 Å². The first-order valence-corrected chi connectivity index (χ1v) is 5.79. The predicted octanol–water partition coefficient (Wildman–Crippen LogP) is -0.243. The van der Waals surface area contributed by atoms with Crippen LogP contribution in [0, 0.1) is 0 Å². The zero-order valence-corrected chi connectivity index (χ0v) is 9.95. The van der Waals surface area contributed by atoms with Crippen molar-refractivity contribution >= 4 is 0 Å². The summed E-state index contributed by atoms with van der Waals surface area (Å²) < 4.78 is 0. The second kappa shape index (κ2) is 5.80. The lowest BCUT2D eigenvalue weighted by Crippen LogP contribution is -2.40. The number of aliphatic hydroxyl groups excluding tert-OH is 1. The highest BCUT2D eigenvalue weighted by Gasteiger charge is 2.20. The Labute approximate surface area is 92.5 Å². The number of rotatable bonds is 4. The molecule has 0 saturated carbocycles. The smallest absolute Gasteiger partial charge is 0.0718 e. The zero-order chi connectivity index (χ0) is 11.3. The molecule has 0 aliphatic carbocycles. The summed E-state index contributed by atoms with van der Waals surface area (Å²) in [4.78, 5) is 4.59. The Balaban J connectivity index is 2.32. The van der Waals surface area contributed by atoms with Crippen LogP contribution in [0.5, 0.6) is 0 Å². The third-order valence-electron chi connectivity index (χ3n) is 2.71. The number of hydrogen-bond donors (Lipinski definition) is 2. The van der Waals surface area contributed by atoms with E-state index < -0.39 is 5.60 Å². The van der Waals surface area contributed by atoms with Gasteiger partial charge in [0.25, 0.3) is 0 Å². The second-order valence-electron chi connectivity index (χ2n) is 5.01. The van der Waals surface area contributed by atoms with Gasteiger partial charge in [0.15, 0.2) is 0 Å². The molecule has 1 rings (SSSR count). The number of β-amino-alcohol motifs (C(OH)–C–C–N with tert-alkyl or cyclic N) is 2. The van der Waals surface area contributed by atoms with E-state index >= 15 is 0 Å². The van der Waals surface area contributed by atoms with Crippen LogP contribution in [0.4, 0.5) is 0 Å². The molecule has 0 atom stereocenters. The molecule has 1 heterocycles. The minimum Gasteiger partial charge on any atom is -0.395 e. The van der Waals surface area contributed by atoms with Gasteiger partial charge in [0.05, 0.1) is 12.2 Å². The highest BCUT2D eigenvalue weighted by Crippen LogP contribution is 2.08. The Hall–Kier alpha value is -0.160. The maximum atomic E-state index is 9.74. The molecule has 0 spiro atoms. The van der Waals surface area contributed by atoms with Crippen molar-refractivity contribution in [3.05, 3.63) is 0 Å². The van der Waals surface area contributed by atoms with Crippen molar-refractivity contribution in [1.82, 2.24) is 9.80 Å². The molecular weight excluding hydrogens is 192 g/mol. The average molecular weight is 216 g/mol. The van der Waals surface area contributed by atoms with E-state index in [1.165, 1.54) is 0 Å². The maximum absolute atomic E-state index is 9.74. The zero-order valence-electron chi connectivity index (χ0n) is 9.95. The van der Waals surface area contributed by atoms with E-state index in [4.69, 9.17) is 5.11 Å². The molecule has 1 aliphatic rings. The molecule has 4 heteroatoms. The van der Waals surface area contributed by atoms with Crippen molar-refractivity contribution < 1.29 is 10.2 Å². The van der Waals surface area contributed by atoms with Crippen molar-refractivity contribution in [3.63, 3.8) is 0 Å². The van der Waals surface area contributed by atoms with Crippen LogP contribution in [-0.2, 0) is 0 Å². The van der Waals surface area contributed by atoms with Gasteiger partial charge >= 0.3 is 0 Å². The van der Waals surface area contributed by atoms with Gasteiger partial charge in [-0.2, -0.15) is 0 Å². The number of hydrogen-bond acceptors (Lipinski definition) is 4. The number of nitrogens with zero attached hydrogens (tertiary/aromatic N) is 2. The molecule has 0 unspecified atom stereocenters. The fraction of sp³-hybridized carbons (Fsp3) is 1.00. The van der Waals surface area contributed by atoms with Gasteiger partial charge in [-0.25, -0.2) is 0 Å². The summed E-state index contributed by atoms with van der Waals surface area (Å²) in [6.45, 7) is 9.55. The van der Waals surface area contributed by atoms with E-state index in [0.29, 0.717) is 0 Å². The monoisotopic (exact) mass is 216 g/mol.